The molecule has 0 saturated carbocycles. The van der Waals surface area contributed by atoms with Crippen LogP contribution in [0.4, 0.5) is 17.3 Å². The lowest BCUT2D eigenvalue weighted by Crippen LogP contribution is -2.35. The minimum Gasteiger partial charge on any atom is -0.496 e. The van der Waals surface area contributed by atoms with Crippen LogP contribution < -0.4 is 15.4 Å². The molecule has 1 aliphatic heterocycles. The molecule has 3 heterocycles. The summed E-state index contributed by atoms with van der Waals surface area (Å²) in [5.41, 5.74) is 3.06. The van der Waals surface area contributed by atoms with Crippen LogP contribution in [0.25, 0.3) is 11.3 Å². The van der Waals surface area contributed by atoms with Crippen LogP contribution in [0.1, 0.15) is 25.5 Å². The summed E-state index contributed by atoms with van der Waals surface area (Å²) < 4.78 is 5.65. The maximum Gasteiger partial charge on any atom is 0.158 e. The van der Waals surface area contributed by atoms with Crippen LogP contribution >= 0.6 is 12.4 Å². The molecule has 4 rings (SSSR count). The summed E-state index contributed by atoms with van der Waals surface area (Å²) in [4.78, 5) is 10.7. The van der Waals surface area contributed by atoms with E-state index in [1.54, 1.807) is 7.11 Å². The van der Waals surface area contributed by atoms with Crippen molar-refractivity contribution in [1.29, 1.82) is 5.26 Å². The minimum atomic E-state index is 0. The summed E-state index contributed by atoms with van der Waals surface area (Å²) in [6.45, 7) is 6.73. The molecule has 1 saturated heterocycles. The topological polar surface area (TPSA) is 115 Å². The largest absolute Gasteiger partial charge is 0.496 e. The number of piperidine rings is 1. The number of halogens is 1. The minimum absolute atomic E-state index is 0. The number of hydrogen-bond acceptors (Lipinski definition) is 8. The Kier molecular flexibility index (Phi) is 8.46. The molecule has 0 atom stereocenters. The van der Waals surface area contributed by atoms with Crippen molar-refractivity contribution in [3.05, 3.63) is 42.4 Å². The van der Waals surface area contributed by atoms with Crippen molar-refractivity contribution in [1.82, 2.24) is 25.1 Å². The van der Waals surface area contributed by atoms with Crippen LogP contribution in [-0.2, 0) is 0 Å². The number of likely N-dealkylation sites (tertiary alicyclic amines) is 1. The van der Waals surface area contributed by atoms with Crippen molar-refractivity contribution in [2.45, 2.75) is 19.8 Å². The van der Waals surface area contributed by atoms with E-state index < -0.39 is 0 Å². The number of rotatable bonds is 8. The Balaban J connectivity index is 0.00000306. The van der Waals surface area contributed by atoms with Crippen molar-refractivity contribution in [3.8, 4) is 23.1 Å². The molecule has 0 unspecified atom stereocenters. The highest BCUT2D eigenvalue weighted by Gasteiger charge is 2.18. The zero-order valence-corrected chi connectivity index (χ0v) is 19.7. The number of aromatic amines is 1. The third-order valence-corrected chi connectivity index (χ3v) is 5.84. The highest BCUT2D eigenvalue weighted by molar-refractivity contribution is 5.85. The van der Waals surface area contributed by atoms with Gasteiger partial charge in [-0.15, -0.1) is 12.4 Å². The van der Waals surface area contributed by atoms with Crippen molar-refractivity contribution in [2.75, 3.05) is 43.9 Å². The molecule has 9 nitrogen and oxygen atoms in total. The number of benzene rings is 1. The quantitative estimate of drug-likeness (QED) is 0.453. The van der Waals surface area contributed by atoms with Gasteiger partial charge in [-0.2, -0.15) is 10.4 Å². The first-order valence-electron chi connectivity index (χ1n) is 10.9. The van der Waals surface area contributed by atoms with Crippen molar-refractivity contribution in [3.63, 3.8) is 0 Å². The number of H-pyrrole nitrogens is 1. The molecule has 2 aromatic heterocycles. The Labute approximate surface area is 200 Å². The fourth-order valence-corrected chi connectivity index (χ4v) is 3.90. The standard InChI is InChI=1S/C23H28N8O.ClH/c1-3-31-8-6-16(7-9-31)13-25-17-4-5-19(21(10-17)32-2)20-11-22(30-29-20)28-23-15-26-18(12-24)14-27-23;/h4-5,10-11,14-16,25H,3,6-9,13H2,1-2H3,(H2,27,28,29,30);1H. The number of ether oxygens (including phenoxy) is 1. The van der Waals surface area contributed by atoms with Crippen LogP contribution in [0.5, 0.6) is 5.75 Å². The average Bonchev–Trinajstić information content (AvgIpc) is 3.31. The molecule has 10 heteroatoms. The molecule has 0 radical (unpaired) electrons. The van der Waals surface area contributed by atoms with E-state index in [-0.39, 0.29) is 18.1 Å². The van der Waals surface area contributed by atoms with Crippen LogP contribution in [0.3, 0.4) is 0 Å². The summed E-state index contributed by atoms with van der Waals surface area (Å²) in [7, 11) is 1.67. The third kappa shape index (κ3) is 6.12. The second kappa shape index (κ2) is 11.5. The lowest BCUT2D eigenvalue weighted by atomic mass is 9.96. The molecule has 0 amide bonds. The van der Waals surface area contributed by atoms with E-state index in [4.69, 9.17) is 10.00 Å². The molecule has 0 bridgehead atoms. The van der Waals surface area contributed by atoms with Crippen LogP contribution in [-0.4, -0.2) is 58.4 Å². The Bertz CT molecular complexity index is 1070. The Morgan fingerprint density at radius 3 is 2.67 bits per heavy atom. The highest BCUT2D eigenvalue weighted by Crippen LogP contribution is 2.33. The van der Waals surface area contributed by atoms with Crippen molar-refractivity contribution < 1.29 is 4.74 Å². The highest BCUT2D eigenvalue weighted by atomic mass is 35.5. The summed E-state index contributed by atoms with van der Waals surface area (Å²) in [5, 5.41) is 22.8. The molecule has 174 valence electrons. The first kappa shape index (κ1) is 24.3. The average molecular weight is 469 g/mol. The normalized spacial score (nSPS) is 14.2. The lowest BCUT2D eigenvalue weighted by Gasteiger charge is -2.31. The molecule has 3 aromatic rings. The maximum atomic E-state index is 8.83. The monoisotopic (exact) mass is 468 g/mol. The number of anilines is 3. The van der Waals surface area contributed by atoms with Gasteiger partial charge in [0, 0.05) is 29.9 Å². The first-order chi connectivity index (χ1) is 15.7. The van der Waals surface area contributed by atoms with Crippen molar-refractivity contribution in [2.24, 2.45) is 5.92 Å². The summed E-state index contributed by atoms with van der Waals surface area (Å²) in [6.07, 6.45) is 5.39. The molecule has 33 heavy (non-hydrogen) atoms. The second-order valence-corrected chi connectivity index (χ2v) is 7.86. The molecule has 1 aliphatic rings. The molecule has 1 fully saturated rings. The number of nitriles is 1. The van der Waals surface area contributed by atoms with Crippen molar-refractivity contribution >= 4 is 29.7 Å². The number of methoxy groups -OCH3 is 1. The predicted octanol–water partition coefficient (Wildman–Crippen LogP) is 4.06. The Morgan fingerprint density at radius 1 is 1.18 bits per heavy atom. The van der Waals surface area contributed by atoms with E-state index in [1.165, 1.54) is 38.3 Å². The van der Waals surface area contributed by atoms with Gasteiger partial charge in [0.25, 0.3) is 0 Å². The van der Waals surface area contributed by atoms with E-state index >= 15 is 0 Å². The first-order valence-corrected chi connectivity index (χ1v) is 10.9. The molecule has 0 aliphatic carbocycles. The molecule has 0 spiro atoms. The summed E-state index contributed by atoms with van der Waals surface area (Å²) >= 11 is 0. The van der Waals surface area contributed by atoms with Gasteiger partial charge < -0.3 is 20.3 Å². The Morgan fingerprint density at radius 2 is 2.00 bits per heavy atom. The third-order valence-electron chi connectivity index (χ3n) is 5.84. The van der Waals surface area contributed by atoms with Gasteiger partial charge in [0.1, 0.15) is 17.6 Å². The molecular weight excluding hydrogens is 440 g/mol. The van der Waals surface area contributed by atoms with E-state index in [9.17, 15) is 0 Å². The van der Waals surface area contributed by atoms with E-state index in [1.807, 2.05) is 24.3 Å². The molecule has 3 N–H and O–H groups in total. The number of nitrogens with one attached hydrogen (secondary N) is 3. The fourth-order valence-electron chi connectivity index (χ4n) is 3.90. The summed E-state index contributed by atoms with van der Waals surface area (Å²) in [6, 6.07) is 9.95. The smallest absolute Gasteiger partial charge is 0.158 e. The Hall–Kier alpha value is -3.35. The van der Waals surface area contributed by atoms with Crippen LogP contribution in [0, 0.1) is 17.2 Å². The van der Waals surface area contributed by atoms with Gasteiger partial charge >= 0.3 is 0 Å². The predicted molar refractivity (Wildman–Crippen MR) is 131 cm³/mol. The second-order valence-electron chi connectivity index (χ2n) is 7.86. The van der Waals surface area contributed by atoms with E-state index in [0.29, 0.717) is 17.6 Å². The lowest BCUT2D eigenvalue weighted by molar-refractivity contribution is 0.198. The number of aromatic nitrogens is 4. The zero-order chi connectivity index (χ0) is 22.3. The zero-order valence-electron chi connectivity index (χ0n) is 18.8. The van der Waals surface area contributed by atoms with E-state index in [0.717, 1.165) is 35.8 Å². The SMILES string of the molecule is CCN1CCC(CNc2ccc(-c3cc(Nc4cnc(C#N)cn4)n[nH]3)c(OC)c2)CC1.Cl. The van der Waals surface area contributed by atoms with Gasteiger partial charge in [-0.25, -0.2) is 9.97 Å². The van der Waals surface area contributed by atoms with Gasteiger partial charge in [-0.3, -0.25) is 5.10 Å². The van der Waals surface area contributed by atoms with Crippen LogP contribution in [0.2, 0.25) is 0 Å². The van der Waals surface area contributed by atoms with Gasteiger partial charge in [-0.05, 0) is 50.5 Å². The number of nitrogens with zero attached hydrogens (tertiary/aromatic N) is 5. The molecule has 1 aromatic carbocycles. The van der Waals surface area contributed by atoms with Crippen LogP contribution in [0.15, 0.2) is 36.7 Å². The maximum absolute atomic E-state index is 8.83. The fraction of sp³-hybridized carbons (Fsp3) is 0.391. The van der Waals surface area contributed by atoms with Gasteiger partial charge in [0.2, 0.25) is 0 Å². The van der Waals surface area contributed by atoms with Gasteiger partial charge in [0.05, 0.1) is 25.2 Å². The number of hydrogen-bond donors (Lipinski definition) is 3. The summed E-state index contributed by atoms with van der Waals surface area (Å²) in [5.74, 6) is 2.58. The van der Waals surface area contributed by atoms with Gasteiger partial charge in [0.15, 0.2) is 11.5 Å². The van der Waals surface area contributed by atoms with E-state index in [2.05, 4.69) is 48.7 Å². The van der Waals surface area contributed by atoms with Gasteiger partial charge in [-0.1, -0.05) is 6.92 Å². The molecular formula is C23H29ClN8O.